The summed E-state index contributed by atoms with van der Waals surface area (Å²) in [5.74, 6) is -0.203. The van der Waals surface area contributed by atoms with Gasteiger partial charge in [-0.05, 0) is 51.4 Å². The van der Waals surface area contributed by atoms with Crippen LogP contribution in [-0.4, -0.2) is 73.4 Å². The summed E-state index contributed by atoms with van der Waals surface area (Å²) in [5, 5.41) is 13.7. The molecule has 0 bridgehead atoms. The molecule has 0 spiro atoms. The molecule has 0 aliphatic carbocycles. The molecule has 0 radical (unpaired) electrons. The molecule has 0 aliphatic rings. The van der Waals surface area contributed by atoms with Crippen molar-refractivity contribution in [3.63, 3.8) is 0 Å². The van der Waals surface area contributed by atoms with Crippen LogP contribution in [0.15, 0.2) is 36.5 Å². The van der Waals surface area contributed by atoms with Crippen molar-refractivity contribution < 1.29 is 32.9 Å². The minimum absolute atomic E-state index is 0.0538. The molecule has 0 rings (SSSR count). The number of aliphatic hydroxyl groups excluding tert-OH is 1. The molecule has 52 heavy (non-hydrogen) atoms. The van der Waals surface area contributed by atoms with E-state index in [0.717, 1.165) is 57.8 Å². The van der Waals surface area contributed by atoms with Gasteiger partial charge in [0.25, 0.3) is 0 Å². The topological polar surface area (TPSA) is 105 Å². The van der Waals surface area contributed by atoms with Crippen molar-refractivity contribution >= 4 is 13.7 Å². The minimum atomic E-state index is -4.34. The summed E-state index contributed by atoms with van der Waals surface area (Å²) in [6, 6.07) is -0.865. The van der Waals surface area contributed by atoms with E-state index in [1.807, 2.05) is 27.2 Å². The lowest BCUT2D eigenvalue weighted by Crippen LogP contribution is -2.45. The molecule has 0 saturated heterocycles. The van der Waals surface area contributed by atoms with Crippen LogP contribution in [0.3, 0.4) is 0 Å². The highest BCUT2D eigenvalue weighted by Gasteiger charge is 2.27. The fourth-order valence-corrected chi connectivity index (χ4v) is 6.60. The maximum absolute atomic E-state index is 12.8. The molecule has 3 N–H and O–H groups in total. The van der Waals surface area contributed by atoms with Crippen LogP contribution in [0.1, 0.15) is 181 Å². The lowest BCUT2D eigenvalue weighted by atomic mass is 10.0. The first-order valence-corrected chi connectivity index (χ1v) is 22.9. The van der Waals surface area contributed by atoms with Gasteiger partial charge in [-0.2, -0.15) is 0 Å². The molecular weight excluding hydrogens is 671 g/mol. The van der Waals surface area contributed by atoms with E-state index in [4.69, 9.17) is 9.05 Å². The molecule has 0 aromatic carbocycles. The SMILES string of the molecule is CCCC/C=C\CCCCCCC(=O)NC(COP(=O)(O)OCC[N+](C)(C)C)C(O)/C=C/CC/C=C/CCCCCCCCCCCCCCCC. The number of carbonyl (C=O) groups is 1. The Morgan fingerprint density at radius 1 is 0.635 bits per heavy atom. The van der Waals surface area contributed by atoms with Crippen molar-refractivity contribution in [2.75, 3.05) is 40.9 Å². The summed E-state index contributed by atoms with van der Waals surface area (Å²) in [6.07, 6.45) is 42.3. The number of phosphoric ester groups is 1. The van der Waals surface area contributed by atoms with Gasteiger partial charge < -0.3 is 19.8 Å². The number of hydrogen-bond acceptors (Lipinski definition) is 5. The Hall–Kier alpha value is -1.28. The number of aliphatic hydroxyl groups is 1. The Bertz CT molecular complexity index is 948. The van der Waals surface area contributed by atoms with Crippen molar-refractivity contribution in [3.05, 3.63) is 36.5 Å². The summed E-state index contributed by atoms with van der Waals surface area (Å²) in [4.78, 5) is 23.0. The lowest BCUT2D eigenvalue weighted by Gasteiger charge is -2.25. The number of likely N-dealkylation sites (N-methyl/N-ethyl adjacent to an activating group) is 1. The first-order valence-electron chi connectivity index (χ1n) is 21.4. The van der Waals surface area contributed by atoms with Gasteiger partial charge in [0.15, 0.2) is 0 Å². The third-order valence-corrected chi connectivity index (χ3v) is 10.3. The number of nitrogens with zero attached hydrogens (tertiary/aromatic N) is 1. The second-order valence-corrected chi connectivity index (χ2v) is 17.2. The molecule has 0 saturated carbocycles. The summed E-state index contributed by atoms with van der Waals surface area (Å²) >= 11 is 0. The van der Waals surface area contributed by atoms with Crippen LogP contribution in [0.2, 0.25) is 0 Å². The predicted octanol–water partition coefficient (Wildman–Crippen LogP) is 11.5. The number of hydrogen-bond donors (Lipinski definition) is 3. The van der Waals surface area contributed by atoms with E-state index in [-0.39, 0.29) is 19.1 Å². The second-order valence-electron chi connectivity index (χ2n) is 15.7. The first kappa shape index (κ1) is 50.7. The Labute approximate surface area is 321 Å². The molecule has 1 amide bonds. The van der Waals surface area contributed by atoms with Crippen molar-refractivity contribution in [2.45, 2.75) is 193 Å². The van der Waals surface area contributed by atoms with E-state index < -0.39 is 20.0 Å². The van der Waals surface area contributed by atoms with Crippen LogP contribution in [-0.2, 0) is 18.4 Å². The van der Waals surface area contributed by atoms with Crippen LogP contribution in [0.4, 0.5) is 0 Å². The maximum Gasteiger partial charge on any atom is 0.472 e. The second kappa shape index (κ2) is 35.4. The van der Waals surface area contributed by atoms with Gasteiger partial charge in [0.05, 0.1) is 39.9 Å². The largest absolute Gasteiger partial charge is 0.472 e. The van der Waals surface area contributed by atoms with Crippen LogP contribution in [0.5, 0.6) is 0 Å². The first-order chi connectivity index (χ1) is 25.0. The van der Waals surface area contributed by atoms with Gasteiger partial charge in [-0.25, -0.2) is 4.57 Å². The zero-order chi connectivity index (χ0) is 38.6. The molecule has 0 fully saturated rings. The molecule has 0 heterocycles. The number of quaternary nitrogens is 1. The Balaban J connectivity index is 4.45. The zero-order valence-electron chi connectivity index (χ0n) is 34.5. The number of phosphoric acid groups is 1. The Morgan fingerprint density at radius 3 is 1.60 bits per heavy atom. The fraction of sp³-hybridized carbons (Fsp3) is 0.837. The summed E-state index contributed by atoms with van der Waals surface area (Å²) in [6.45, 7) is 4.73. The van der Waals surface area contributed by atoms with Gasteiger partial charge in [0, 0.05) is 6.42 Å². The van der Waals surface area contributed by atoms with Crippen LogP contribution < -0.4 is 5.32 Å². The number of unbranched alkanes of at least 4 members (excludes halogenated alkanes) is 21. The predicted molar refractivity (Wildman–Crippen MR) is 221 cm³/mol. The van der Waals surface area contributed by atoms with Gasteiger partial charge >= 0.3 is 7.82 Å². The van der Waals surface area contributed by atoms with E-state index in [1.165, 1.54) is 103 Å². The number of rotatable bonds is 38. The molecular formula is C43H84N2O6P+. The van der Waals surface area contributed by atoms with Gasteiger partial charge in [-0.1, -0.05) is 159 Å². The van der Waals surface area contributed by atoms with E-state index >= 15 is 0 Å². The smallest absolute Gasteiger partial charge is 0.387 e. The van der Waals surface area contributed by atoms with E-state index in [2.05, 4.69) is 43.5 Å². The minimum Gasteiger partial charge on any atom is -0.387 e. The highest BCUT2D eigenvalue weighted by atomic mass is 31.2. The molecule has 306 valence electrons. The highest BCUT2D eigenvalue weighted by Crippen LogP contribution is 2.43. The van der Waals surface area contributed by atoms with Crippen molar-refractivity contribution in [1.82, 2.24) is 5.32 Å². The zero-order valence-corrected chi connectivity index (χ0v) is 35.4. The average Bonchev–Trinajstić information content (AvgIpc) is 3.09. The Morgan fingerprint density at radius 2 is 1.08 bits per heavy atom. The molecule has 8 nitrogen and oxygen atoms in total. The number of allylic oxidation sites excluding steroid dienone is 5. The van der Waals surface area contributed by atoms with Crippen LogP contribution in [0.25, 0.3) is 0 Å². The standard InChI is InChI=1S/C43H83N2O6P/c1-6-8-10-12-14-16-18-19-20-21-22-23-24-25-26-27-28-30-32-34-36-42(46)41(40-51-52(48,49)50-39-38-45(3,4)5)44-43(47)37-35-33-31-29-17-15-13-11-9-7-2/h13,15,27-28,34,36,41-42,46H,6-12,14,16-26,29-33,35,37-40H2,1-5H3,(H-,44,47,48,49)/p+1/b15-13-,28-27+,36-34+. The summed E-state index contributed by atoms with van der Waals surface area (Å²) in [5.41, 5.74) is 0. The van der Waals surface area contributed by atoms with Crippen molar-refractivity contribution in [2.24, 2.45) is 0 Å². The van der Waals surface area contributed by atoms with Gasteiger partial charge in [0.1, 0.15) is 13.2 Å². The number of amides is 1. The van der Waals surface area contributed by atoms with Crippen molar-refractivity contribution in [1.29, 1.82) is 0 Å². The maximum atomic E-state index is 12.8. The monoisotopic (exact) mass is 756 g/mol. The van der Waals surface area contributed by atoms with Gasteiger partial charge in [-0.3, -0.25) is 13.8 Å². The highest BCUT2D eigenvalue weighted by molar-refractivity contribution is 7.47. The third-order valence-electron chi connectivity index (χ3n) is 9.33. The normalized spacial score (nSPS) is 14.8. The van der Waals surface area contributed by atoms with Gasteiger partial charge in [-0.15, -0.1) is 0 Å². The summed E-state index contributed by atoms with van der Waals surface area (Å²) < 4.78 is 23.5. The summed E-state index contributed by atoms with van der Waals surface area (Å²) in [7, 11) is 1.54. The lowest BCUT2D eigenvalue weighted by molar-refractivity contribution is -0.870. The molecule has 9 heteroatoms. The third kappa shape index (κ3) is 37.1. The van der Waals surface area contributed by atoms with Crippen molar-refractivity contribution in [3.8, 4) is 0 Å². The average molecular weight is 756 g/mol. The molecule has 0 aromatic heterocycles. The van der Waals surface area contributed by atoms with E-state index in [0.29, 0.717) is 17.4 Å². The molecule has 0 aromatic rings. The quantitative estimate of drug-likeness (QED) is 0.0251. The molecule has 3 unspecified atom stereocenters. The fourth-order valence-electron chi connectivity index (χ4n) is 5.86. The van der Waals surface area contributed by atoms with Crippen LogP contribution in [0, 0.1) is 0 Å². The van der Waals surface area contributed by atoms with Gasteiger partial charge in [0.2, 0.25) is 5.91 Å². The van der Waals surface area contributed by atoms with E-state index in [1.54, 1.807) is 6.08 Å². The number of carbonyl (C=O) groups excluding carboxylic acids is 1. The Kier molecular flexibility index (Phi) is 34.6. The van der Waals surface area contributed by atoms with E-state index in [9.17, 15) is 19.4 Å². The molecule has 0 aliphatic heterocycles. The number of nitrogens with one attached hydrogen (secondary N) is 1. The molecule has 3 atom stereocenters. The van der Waals surface area contributed by atoms with Crippen LogP contribution >= 0.6 is 7.82 Å².